The topological polar surface area (TPSA) is 86.0 Å². The maximum absolute atomic E-state index is 12.8. The fraction of sp³-hybridized carbons (Fsp3) is 0.167. The predicted octanol–water partition coefficient (Wildman–Crippen LogP) is 5.57. The lowest BCUT2D eigenvalue weighted by Crippen LogP contribution is -2.30. The second kappa shape index (κ2) is 10.1. The SMILES string of the molecule is COc1cc(OC)c2c(=O)cc(-c3ccc(/C=C/CCCN4C(=O)c5ccccc5C4=O)cc3)oc2c1. The lowest BCUT2D eigenvalue weighted by molar-refractivity contribution is 0.0653. The predicted molar refractivity (Wildman–Crippen MR) is 141 cm³/mol. The molecule has 0 radical (unpaired) electrons. The van der Waals surface area contributed by atoms with Crippen LogP contribution in [-0.2, 0) is 0 Å². The summed E-state index contributed by atoms with van der Waals surface area (Å²) in [4.78, 5) is 39.0. The first-order valence-electron chi connectivity index (χ1n) is 11.9. The number of hydrogen-bond acceptors (Lipinski definition) is 6. The van der Waals surface area contributed by atoms with Crippen LogP contribution >= 0.6 is 0 Å². The number of allylic oxidation sites excluding steroid dienone is 1. The lowest BCUT2D eigenvalue weighted by Gasteiger charge is -2.12. The van der Waals surface area contributed by atoms with Gasteiger partial charge < -0.3 is 13.9 Å². The molecule has 2 heterocycles. The number of carbonyl (C=O) groups excluding carboxylic acids is 2. The number of nitrogens with zero attached hydrogens (tertiary/aromatic N) is 1. The van der Waals surface area contributed by atoms with E-state index in [0.717, 1.165) is 17.5 Å². The highest BCUT2D eigenvalue weighted by Crippen LogP contribution is 2.31. The zero-order chi connectivity index (χ0) is 25.9. The van der Waals surface area contributed by atoms with Gasteiger partial charge in [0.15, 0.2) is 5.43 Å². The number of rotatable bonds is 8. The molecule has 0 aliphatic carbocycles. The van der Waals surface area contributed by atoms with Crippen molar-refractivity contribution in [3.05, 3.63) is 99.7 Å². The minimum absolute atomic E-state index is 0.196. The minimum atomic E-state index is -0.225. The highest BCUT2D eigenvalue weighted by molar-refractivity contribution is 6.21. The van der Waals surface area contributed by atoms with Crippen LogP contribution in [0.5, 0.6) is 11.5 Å². The summed E-state index contributed by atoms with van der Waals surface area (Å²) in [5, 5.41) is 0.368. The molecular formula is C30H25NO6. The third-order valence-corrected chi connectivity index (χ3v) is 6.36. The summed E-state index contributed by atoms with van der Waals surface area (Å²) in [5.41, 5.74) is 2.89. The number of unbranched alkanes of at least 4 members (excludes halogenated alkanes) is 1. The second-order valence-corrected chi connectivity index (χ2v) is 8.65. The number of benzene rings is 3. The van der Waals surface area contributed by atoms with Crippen molar-refractivity contribution in [3.63, 3.8) is 0 Å². The van der Waals surface area contributed by atoms with Crippen molar-refractivity contribution in [2.75, 3.05) is 20.8 Å². The van der Waals surface area contributed by atoms with Crippen molar-refractivity contribution in [2.45, 2.75) is 12.8 Å². The summed E-state index contributed by atoms with van der Waals surface area (Å²) >= 11 is 0. The molecule has 5 rings (SSSR count). The molecule has 0 bridgehead atoms. The minimum Gasteiger partial charge on any atom is -0.496 e. The summed E-state index contributed by atoms with van der Waals surface area (Å²) < 4.78 is 16.6. The molecule has 0 saturated carbocycles. The van der Waals surface area contributed by atoms with Crippen LogP contribution in [-0.4, -0.2) is 37.5 Å². The van der Waals surface area contributed by atoms with Gasteiger partial charge in [0.2, 0.25) is 0 Å². The Bertz CT molecular complexity index is 1550. The van der Waals surface area contributed by atoms with Crippen molar-refractivity contribution in [1.29, 1.82) is 0 Å². The fourth-order valence-electron chi connectivity index (χ4n) is 4.44. The van der Waals surface area contributed by atoms with E-state index in [1.807, 2.05) is 36.4 Å². The Morgan fingerprint density at radius 2 is 1.57 bits per heavy atom. The van der Waals surface area contributed by atoms with Crippen LogP contribution in [0.15, 0.2) is 82.0 Å². The molecule has 186 valence electrons. The van der Waals surface area contributed by atoms with Gasteiger partial charge in [0, 0.05) is 30.3 Å². The van der Waals surface area contributed by atoms with E-state index in [-0.39, 0.29) is 17.2 Å². The highest BCUT2D eigenvalue weighted by Gasteiger charge is 2.34. The van der Waals surface area contributed by atoms with Crippen molar-refractivity contribution >= 4 is 28.9 Å². The van der Waals surface area contributed by atoms with Crippen LogP contribution in [0, 0.1) is 0 Å². The molecule has 7 heteroatoms. The Kier molecular flexibility index (Phi) is 6.60. The molecule has 0 N–H and O–H groups in total. The third-order valence-electron chi connectivity index (χ3n) is 6.36. The van der Waals surface area contributed by atoms with Gasteiger partial charge in [-0.1, -0.05) is 48.6 Å². The maximum Gasteiger partial charge on any atom is 0.261 e. The third kappa shape index (κ3) is 4.63. The van der Waals surface area contributed by atoms with Crippen molar-refractivity contribution in [2.24, 2.45) is 0 Å². The average Bonchev–Trinajstić information content (AvgIpc) is 3.17. The Labute approximate surface area is 213 Å². The van der Waals surface area contributed by atoms with E-state index in [1.165, 1.54) is 18.1 Å². The van der Waals surface area contributed by atoms with E-state index in [1.54, 1.807) is 43.5 Å². The summed E-state index contributed by atoms with van der Waals surface area (Å²) in [6.45, 7) is 0.381. The molecule has 4 aromatic rings. The molecule has 0 unspecified atom stereocenters. The zero-order valence-corrected chi connectivity index (χ0v) is 20.5. The molecule has 0 spiro atoms. The van der Waals surface area contributed by atoms with E-state index >= 15 is 0 Å². The zero-order valence-electron chi connectivity index (χ0n) is 20.5. The number of fused-ring (bicyclic) bond motifs is 2. The molecule has 2 amide bonds. The largest absolute Gasteiger partial charge is 0.496 e. The van der Waals surface area contributed by atoms with Gasteiger partial charge in [-0.3, -0.25) is 19.3 Å². The monoisotopic (exact) mass is 495 g/mol. The number of imide groups is 1. The Morgan fingerprint density at radius 1 is 0.865 bits per heavy atom. The van der Waals surface area contributed by atoms with Crippen LogP contribution in [0.1, 0.15) is 39.1 Å². The molecule has 3 aromatic carbocycles. The first kappa shape index (κ1) is 24.1. The van der Waals surface area contributed by atoms with E-state index in [9.17, 15) is 14.4 Å². The molecular weight excluding hydrogens is 470 g/mol. The first-order chi connectivity index (χ1) is 18.0. The fourth-order valence-corrected chi connectivity index (χ4v) is 4.44. The molecule has 1 aliphatic heterocycles. The van der Waals surface area contributed by atoms with E-state index < -0.39 is 0 Å². The van der Waals surface area contributed by atoms with Gasteiger partial charge in [0.1, 0.15) is 28.2 Å². The molecule has 0 saturated heterocycles. The summed E-state index contributed by atoms with van der Waals surface area (Å²) in [5.74, 6) is 0.936. The smallest absolute Gasteiger partial charge is 0.261 e. The molecule has 0 atom stereocenters. The molecule has 0 fully saturated rings. The summed E-state index contributed by atoms with van der Waals surface area (Å²) in [6, 6.07) is 19.3. The van der Waals surface area contributed by atoms with Crippen LogP contribution in [0.4, 0.5) is 0 Å². The van der Waals surface area contributed by atoms with Gasteiger partial charge in [-0.05, 0) is 30.5 Å². The number of amides is 2. The van der Waals surface area contributed by atoms with E-state index in [0.29, 0.717) is 52.3 Å². The second-order valence-electron chi connectivity index (χ2n) is 8.65. The van der Waals surface area contributed by atoms with Crippen LogP contribution in [0.2, 0.25) is 0 Å². The van der Waals surface area contributed by atoms with Crippen molar-refractivity contribution in [3.8, 4) is 22.8 Å². The van der Waals surface area contributed by atoms with Gasteiger partial charge in [-0.25, -0.2) is 0 Å². The van der Waals surface area contributed by atoms with Gasteiger partial charge in [0.25, 0.3) is 11.8 Å². The maximum atomic E-state index is 12.8. The van der Waals surface area contributed by atoms with Crippen LogP contribution in [0.25, 0.3) is 28.4 Å². The number of hydrogen-bond donors (Lipinski definition) is 0. The van der Waals surface area contributed by atoms with E-state index in [4.69, 9.17) is 13.9 Å². The Morgan fingerprint density at radius 3 is 2.22 bits per heavy atom. The number of carbonyl (C=O) groups is 2. The van der Waals surface area contributed by atoms with Crippen molar-refractivity contribution in [1.82, 2.24) is 4.90 Å². The molecule has 7 nitrogen and oxygen atoms in total. The van der Waals surface area contributed by atoms with Gasteiger partial charge in [0.05, 0.1) is 25.3 Å². The summed E-state index contributed by atoms with van der Waals surface area (Å²) in [7, 11) is 3.04. The van der Waals surface area contributed by atoms with Crippen LogP contribution in [0.3, 0.4) is 0 Å². The van der Waals surface area contributed by atoms with Gasteiger partial charge in [-0.2, -0.15) is 0 Å². The van der Waals surface area contributed by atoms with Crippen molar-refractivity contribution < 1.29 is 23.5 Å². The average molecular weight is 496 g/mol. The molecule has 1 aliphatic rings. The lowest BCUT2D eigenvalue weighted by atomic mass is 10.1. The number of ether oxygens (including phenoxy) is 2. The van der Waals surface area contributed by atoms with Gasteiger partial charge >= 0.3 is 0 Å². The number of methoxy groups -OCH3 is 2. The van der Waals surface area contributed by atoms with Crippen LogP contribution < -0.4 is 14.9 Å². The van der Waals surface area contributed by atoms with Gasteiger partial charge in [-0.15, -0.1) is 0 Å². The van der Waals surface area contributed by atoms with E-state index in [2.05, 4.69) is 0 Å². The first-order valence-corrected chi connectivity index (χ1v) is 11.9. The molecule has 1 aromatic heterocycles. The standard InChI is InChI=1S/C30H25NO6/c1-35-21-16-26(36-2)28-24(32)18-25(37-27(28)17-21)20-13-11-19(12-14-20)8-4-3-7-15-31-29(33)22-9-5-6-10-23(22)30(31)34/h4-6,8-14,16-18H,3,7,15H2,1-2H3/b8-4+. The Hall–Kier alpha value is -4.65. The Balaban J connectivity index is 1.24. The normalized spacial score (nSPS) is 13.0. The summed E-state index contributed by atoms with van der Waals surface area (Å²) in [6.07, 6.45) is 5.40. The quantitative estimate of drug-likeness (QED) is 0.235. The highest BCUT2D eigenvalue weighted by atomic mass is 16.5. The molecule has 37 heavy (non-hydrogen) atoms.